The fourth-order valence-electron chi connectivity index (χ4n) is 5.04. The van der Waals surface area contributed by atoms with E-state index in [1.54, 1.807) is 0 Å². The van der Waals surface area contributed by atoms with Crippen molar-refractivity contribution in [2.75, 3.05) is 0 Å². The van der Waals surface area contributed by atoms with E-state index in [9.17, 15) is 0 Å². The Labute approximate surface area is 166 Å². The van der Waals surface area contributed by atoms with Crippen LogP contribution in [0.15, 0.2) is 84.9 Å². The summed E-state index contributed by atoms with van der Waals surface area (Å²) >= 11 is 1.95. The van der Waals surface area contributed by atoms with Crippen LogP contribution in [0.4, 0.5) is 0 Å². The van der Waals surface area contributed by atoms with Gasteiger partial charge in [0, 0.05) is 25.7 Å². The first-order valence-electron chi connectivity index (χ1n) is 9.75. The van der Waals surface area contributed by atoms with Gasteiger partial charge in [-0.3, -0.25) is 0 Å². The Morgan fingerprint density at radius 2 is 1.21 bits per heavy atom. The summed E-state index contributed by atoms with van der Waals surface area (Å²) in [7, 11) is 0. The van der Waals surface area contributed by atoms with Gasteiger partial charge >= 0.3 is 0 Å². The van der Waals surface area contributed by atoms with Crippen LogP contribution in [0.1, 0.15) is 11.1 Å². The predicted molar refractivity (Wildman–Crippen MR) is 123 cm³/mol. The molecule has 6 aromatic rings. The molecule has 0 fully saturated rings. The third kappa shape index (κ3) is 1.80. The summed E-state index contributed by atoms with van der Waals surface area (Å²) in [6, 6.07) is 31.5. The number of benzene rings is 5. The number of fused-ring (bicyclic) bond motifs is 11. The molecule has 0 bridgehead atoms. The molecular formula is C27H16S. The SMILES string of the molecule is c1ccc2c3c(ccc2c1)Cc1ccc2c(sc4ccc5ccccc5c42)c1-3. The molecule has 1 aromatic heterocycles. The van der Waals surface area contributed by atoms with Crippen molar-refractivity contribution in [3.05, 3.63) is 96.1 Å². The zero-order valence-electron chi connectivity index (χ0n) is 15.2. The maximum Gasteiger partial charge on any atom is 0.0437 e. The molecule has 0 amide bonds. The minimum Gasteiger partial charge on any atom is -0.134 e. The van der Waals surface area contributed by atoms with Crippen LogP contribution >= 0.6 is 11.3 Å². The van der Waals surface area contributed by atoms with Gasteiger partial charge in [-0.1, -0.05) is 78.9 Å². The first-order chi connectivity index (χ1) is 13.9. The summed E-state index contributed by atoms with van der Waals surface area (Å²) in [6.45, 7) is 0. The van der Waals surface area contributed by atoms with Crippen molar-refractivity contribution in [1.29, 1.82) is 0 Å². The van der Waals surface area contributed by atoms with Crippen LogP contribution in [-0.2, 0) is 6.42 Å². The van der Waals surface area contributed by atoms with E-state index in [0.717, 1.165) is 6.42 Å². The van der Waals surface area contributed by atoms with Gasteiger partial charge in [-0.15, -0.1) is 11.3 Å². The summed E-state index contributed by atoms with van der Waals surface area (Å²) in [5, 5.41) is 8.21. The zero-order chi connectivity index (χ0) is 18.2. The van der Waals surface area contributed by atoms with E-state index < -0.39 is 0 Å². The van der Waals surface area contributed by atoms with Crippen LogP contribution in [0.5, 0.6) is 0 Å². The Morgan fingerprint density at radius 3 is 2.11 bits per heavy atom. The second-order valence-corrected chi connectivity index (χ2v) is 8.79. The molecule has 28 heavy (non-hydrogen) atoms. The molecule has 1 heteroatoms. The first-order valence-corrected chi connectivity index (χ1v) is 10.6. The molecule has 0 N–H and O–H groups in total. The van der Waals surface area contributed by atoms with E-state index in [4.69, 9.17) is 0 Å². The summed E-state index contributed by atoms with van der Waals surface area (Å²) < 4.78 is 2.83. The number of thiophene rings is 1. The topological polar surface area (TPSA) is 0 Å². The minimum atomic E-state index is 1.04. The van der Waals surface area contributed by atoms with Gasteiger partial charge in [-0.2, -0.15) is 0 Å². The molecule has 5 aromatic carbocycles. The van der Waals surface area contributed by atoms with Crippen molar-refractivity contribution < 1.29 is 0 Å². The average Bonchev–Trinajstić information content (AvgIpc) is 3.32. The molecule has 1 heterocycles. The lowest BCUT2D eigenvalue weighted by Crippen LogP contribution is -1.82. The summed E-state index contributed by atoms with van der Waals surface area (Å²) in [5.74, 6) is 0. The summed E-state index contributed by atoms with van der Waals surface area (Å²) in [5.41, 5.74) is 5.85. The number of hydrogen-bond acceptors (Lipinski definition) is 1. The normalized spacial score (nSPS) is 12.9. The molecule has 130 valence electrons. The van der Waals surface area contributed by atoms with Gasteiger partial charge in [-0.25, -0.2) is 0 Å². The van der Waals surface area contributed by atoms with Crippen molar-refractivity contribution in [2.24, 2.45) is 0 Å². The van der Waals surface area contributed by atoms with Gasteiger partial charge < -0.3 is 0 Å². The molecule has 7 rings (SSSR count). The third-order valence-corrected chi connectivity index (χ3v) is 7.45. The average molecular weight is 372 g/mol. The molecular weight excluding hydrogens is 356 g/mol. The second kappa shape index (κ2) is 5.21. The predicted octanol–water partition coefficient (Wildman–Crippen LogP) is 7.93. The van der Waals surface area contributed by atoms with E-state index in [-0.39, 0.29) is 0 Å². The highest BCUT2D eigenvalue weighted by atomic mass is 32.1. The first kappa shape index (κ1) is 14.8. The summed E-state index contributed by atoms with van der Waals surface area (Å²) in [6.07, 6.45) is 1.04. The van der Waals surface area contributed by atoms with Crippen molar-refractivity contribution >= 4 is 53.1 Å². The van der Waals surface area contributed by atoms with Crippen LogP contribution in [-0.4, -0.2) is 0 Å². The van der Waals surface area contributed by atoms with Crippen molar-refractivity contribution in [3.8, 4) is 11.1 Å². The molecule has 0 nitrogen and oxygen atoms in total. The van der Waals surface area contributed by atoms with Gasteiger partial charge in [0.1, 0.15) is 0 Å². The van der Waals surface area contributed by atoms with E-state index in [0.29, 0.717) is 0 Å². The molecule has 0 spiro atoms. The van der Waals surface area contributed by atoms with Gasteiger partial charge in [0.05, 0.1) is 0 Å². The van der Waals surface area contributed by atoms with Crippen molar-refractivity contribution in [1.82, 2.24) is 0 Å². The molecule has 1 aliphatic rings. The Morgan fingerprint density at radius 1 is 0.536 bits per heavy atom. The largest absolute Gasteiger partial charge is 0.134 e. The Hall–Kier alpha value is -3.16. The Balaban J connectivity index is 1.69. The fourth-order valence-corrected chi connectivity index (χ4v) is 6.33. The number of hydrogen-bond donors (Lipinski definition) is 0. The molecule has 0 aliphatic heterocycles. The fraction of sp³-hybridized carbons (Fsp3) is 0.0370. The van der Waals surface area contributed by atoms with Crippen molar-refractivity contribution in [3.63, 3.8) is 0 Å². The van der Waals surface area contributed by atoms with Crippen molar-refractivity contribution in [2.45, 2.75) is 6.42 Å². The van der Waals surface area contributed by atoms with Crippen LogP contribution in [0, 0.1) is 0 Å². The van der Waals surface area contributed by atoms with Crippen LogP contribution in [0.25, 0.3) is 52.8 Å². The highest BCUT2D eigenvalue weighted by Crippen LogP contribution is 2.49. The molecule has 0 saturated carbocycles. The third-order valence-electron chi connectivity index (χ3n) is 6.26. The quantitative estimate of drug-likeness (QED) is 0.253. The Bertz CT molecular complexity index is 1580. The van der Waals surface area contributed by atoms with Gasteiger partial charge in [0.2, 0.25) is 0 Å². The Kier molecular flexibility index (Phi) is 2.76. The molecule has 0 radical (unpaired) electrons. The maximum atomic E-state index is 2.36. The van der Waals surface area contributed by atoms with E-state index in [1.807, 2.05) is 11.3 Å². The summed E-state index contributed by atoms with van der Waals surface area (Å²) in [4.78, 5) is 0. The van der Waals surface area contributed by atoms with Crippen LogP contribution < -0.4 is 0 Å². The highest BCUT2D eigenvalue weighted by Gasteiger charge is 2.24. The molecule has 1 aliphatic carbocycles. The lowest BCUT2D eigenvalue weighted by Gasteiger charge is -2.08. The maximum absolute atomic E-state index is 2.36. The standard InChI is InChI=1S/C27H16S/c1-3-7-20-16(5-1)9-10-18-15-19-11-13-22-26-21-8-4-2-6-17(21)12-14-23(26)28-27(22)25(19)24(18)20/h1-14H,15H2. The number of rotatable bonds is 0. The van der Waals surface area contributed by atoms with Crippen LogP contribution in [0.2, 0.25) is 0 Å². The molecule has 0 unspecified atom stereocenters. The van der Waals surface area contributed by atoms with E-state index in [2.05, 4.69) is 84.9 Å². The smallest absolute Gasteiger partial charge is 0.0437 e. The highest BCUT2D eigenvalue weighted by molar-refractivity contribution is 7.26. The second-order valence-electron chi connectivity index (χ2n) is 7.74. The lowest BCUT2D eigenvalue weighted by molar-refractivity contribution is 1.27. The van der Waals surface area contributed by atoms with Gasteiger partial charge in [-0.05, 0) is 50.7 Å². The zero-order valence-corrected chi connectivity index (χ0v) is 16.0. The van der Waals surface area contributed by atoms with Gasteiger partial charge in [0.15, 0.2) is 0 Å². The minimum absolute atomic E-state index is 1.04. The van der Waals surface area contributed by atoms with E-state index in [1.165, 1.54) is 64.0 Å². The molecule has 0 saturated heterocycles. The van der Waals surface area contributed by atoms with Crippen LogP contribution in [0.3, 0.4) is 0 Å². The monoisotopic (exact) mass is 372 g/mol. The van der Waals surface area contributed by atoms with E-state index >= 15 is 0 Å². The van der Waals surface area contributed by atoms with Gasteiger partial charge in [0.25, 0.3) is 0 Å². The molecule has 0 atom stereocenters. The lowest BCUT2D eigenvalue weighted by atomic mass is 9.96.